The summed E-state index contributed by atoms with van der Waals surface area (Å²) in [5, 5.41) is 87.5. The largest absolute Gasteiger partial charge is 0.394 e. The molecule has 12 atom stereocenters. The van der Waals surface area contributed by atoms with Crippen LogP contribution in [0.3, 0.4) is 0 Å². The molecule has 2 saturated heterocycles. The number of nitrogens with one attached hydrogen (secondary N) is 1. The average Bonchev–Trinajstić information content (AvgIpc) is 3.62. The Morgan fingerprint density at radius 2 is 0.815 bits per heavy atom. The molecule has 81 heavy (non-hydrogen) atoms. The lowest BCUT2D eigenvalue weighted by Gasteiger charge is -2.46. The molecule has 2 fully saturated rings. The highest BCUT2D eigenvalue weighted by atomic mass is 16.7. The molecule has 0 aromatic carbocycles. The van der Waals surface area contributed by atoms with Gasteiger partial charge in [0.15, 0.2) is 12.6 Å². The van der Waals surface area contributed by atoms with Gasteiger partial charge in [-0.15, -0.1) is 0 Å². The van der Waals surface area contributed by atoms with Crippen LogP contribution >= 0.6 is 0 Å². The smallest absolute Gasteiger partial charge is 0.220 e. The zero-order valence-electron chi connectivity index (χ0n) is 51.8. The molecule has 12 unspecified atom stereocenters. The first-order valence-electron chi connectivity index (χ1n) is 34.1. The summed E-state index contributed by atoms with van der Waals surface area (Å²) in [6, 6.07) is -0.828. The summed E-state index contributed by atoms with van der Waals surface area (Å²) >= 11 is 0. The van der Waals surface area contributed by atoms with Crippen molar-refractivity contribution < 1.29 is 64.6 Å². The number of carbonyl (C=O) groups excluding carboxylic acids is 1. The minimum absolute atomic E-state index is 0.202. The fourth-order valence-electron chi connectivity index (χ4n) is 11.4. The monoisotopic (exact) mass is 1150 g/mol. The molecule has 9 N–H and O–H groups in total. The third-order valence-corrected chi connectivity index (χ3v) is 16.9. The van der Waals surface area contributed by atoms with Gasteiger partial charge in [0.05, 0.1) is 32.0 Å². The first kappa shape index (κ1) is 75.6. The number of allylic oxidation sites excluding steroid dienone is 4. The lowest BCUT2D eigenvalue weighted by atomic mass is 9.97. The topological polar surface area (TPSA) is 228 Å². The van der Waals surface area contributed by atoms with Gasteiger partial charge in [-0.3, -0.25) is 4.79 Å². The van der Waals surface area contributed by atoms with E-state index in [-0.39, 0.29) is 12.5 Å². The van der Waals surface area contributed by atoms with Crippen LogP contribution in [0, 0.1) is 0 Å². The Morgan fingerprint density at radius 1 is 0.444 bits per heavy atom. The van der Waals surface area contributed by atoms with E-state index >= 15 is 0 Å². The maximum absolute atomic E-state index is 13.3. The van der Waals surface area contributed by atoms with Crippen molar-refractivity contribution in [3.63, 3.8) is 0 Å². The van der Waals surface area contributed by atoms with Gasteiger partial charge in [-0.1, -0.05) is 276 Å². The Morgan fingerprint density at radius 3 is 1.23 bits per heavy atom. The van der Waals surface area contributed by atoms with Crippen LogP contribution in [0.1, 0.15) is 303 Å². The van der Waals surface area contributed by atoms with Gasteiger partial charge >= 0.3 is 0 Å². The minimum Gasteiger partial charge on any atom is -0.394 e. The minimum atomic E-state index is -1.78. The number of amides is 1. The summed E-state index contributed by atoms with van der Waals surface area (Å²) in [7, 11) is 0. The van der Waals surface area contributed by atoms with Gasteiger partial charge < -0.3 is 65.1 Å². The summed E-state index contributed by atoms with van der Waals surface area (Å²) in [4.78, 5) is 13.3. The summed E-state index contributed by atoms with van der Waals surface area (Å²) in [5.74, 6) is -0.202. The predicted octanol–water partition coefficient (Wildman–Crippen LogP) is 13.2. The highest BCUT2D eigenvalue weighted by Crippen LogP contribution is 2.30. The molecular formula is C67H127NO13. The van der Waals surface area contributed by atoms with Gasteiger partial charge in [0.25, 0.3) is 0 Å². The van der Waals surface area contributed by atoms with Crippen molar-refractivity contribution in [3.05, 3.63) is 24.3 Å². The maximum atomic E-state index is 13.3. The van der Waals surface area contributed by atoms with E-state index in [9.17, 15) is 45.6 Å². The Bertz CT molecular complexity index is 1450. The van der Waals surface area contributed by atoms with E-state index in [1.807, 2.05) is 0 Å². The number of hydrogen-bond acceptors (Lipinski definition) is 13. The second-order valence-corrected chi connectivity index (χ2v) is 24.3. The number of unbranched alkanes of at least 4 members (excludes halogenated alkanes) is 39. The number of rotatable bonds is 56. The lowest BCUT2D eigenvalue weighted by Crippen LogP contribution is -2.65. The van der Waals surface area contributed by atoms with Crippen LogP contribution in [-0.2, 0) is 23.7 Å². The van der Waals surface area contributed by atoms with E-state index in [0.29, 0.717) is 12.8 Å². The molecule has 14 heteroatoms. The third-order valence-electron chi connectivity index (χ3n) is 16.9. The molecule has 0 spiro atoms. The summed E-state index contributed by atoms with van der Waals surface area (Å²) in [6.07, 6.45) is 47.5. The summed E-state index contributed by atoms with van der Waals surface area (Å²) < 4.78 is 22.9. The molecule has 0 aromatic rings. The van der Waals surface area contributed by atoms with Gasteiger partial charge in [-0.25, -0.2) is 0 Å². The molecule has 0 saturated carbocycles. The lowest BCUT2D eigenvalue weighted by molar-refractivity contribution is -0.359. The zero-order valence-corrected chi connectivity index (χ0v) is 51.8. The molecule has 2 heterocycles. The van der Waals surface area contributed by atoms with Crippen LogP contribution in [0.2, 0.25) is 0 Å². The maximum Gasteiger partial charge on any atom is 0.220 e. The number of ether oxygens (including phenoxy) is 4. The predicted molar refractivity (Wildman–Crippen MR) is 328 cm³/mol. The highest BCUT2D eigenvalue weighted by Gasteiger charge is 2.51. The quantitative estimate of drug-likeness (QED) is 0.0204. The van der Waals surface area contributed by atoms with Gasteiger partial charge in [0, 0.05) is 6.42 Å². The van der Waals surface area contributed by atoms with Crippen LogP contribution in [0.5, 0.6) is 0 Å². The molecule has 2 rings (SSSR count). The van der Waals surface area contributed by atoms with Crippen molar-refractivity contribution in [1.29, 1.82) is 0 Å². The van der Waals surface area contributed by atoms with Crippen molar-refractivity contribution in [2.45, 2.75) is 376 Å². The van der Waals surface area contributed by atoms with Crippen LogP contribution in [0.25, 0.3) is 0 Å². The Hall–Kier alpha value is -1.53. The molecule has 2 aliphatic heterocycles. The van der Waals surface area contributed by atoms with Gasteiger partial charge in [0.1, 0.15) is 48.8 Å². The molecule has 478 valence electrons. The summed E-state index contributed by atoms with van der Waals surface area (Å²) in [6.45, 7) is 2.90. The van der Waals surface area contributed by atoms with Crippen molar-refractivity contribution in [1.82, 2.24) is 5.32 Å². The summed E-state index contributed by atoms with van der Waals surface area (Å²) in [5.41, 5.74) is 0. The number of carbonyl (C=O) groups is 1. The van der Waals surface area contributed by atoms with Crippen molar-refractivity contribution in [2.75, 3.05) is 19.8 Å². The molecule has 0 aromatic heterocycles. The second kappa shape index (κ2) is 52.8. The molecule has 14 nitrogen and oxygen atoms in total. The van der Waals surface area contributed by atoms with Gasteiger partial charge in [0.2, 0.25) is 5.91 Å². The van der Waals surface area contributed by atoms with Crippen LogP contribution in [-0.4, -0.2) is 140 Å². The first-order chi connectivity index (χ1) is 39.6. The fraction of sp³-hybridized carbons (Fsp3) is 0.925. The van der Waals surface area contributed by atoms with E-state index < -0.39 is 86.8 Å². The van der Waals surface area contributed by atoms with Gasteiger partial charge in [-0.05, 0) is 44.9 Å². The molecule has 0 radical (unpaired) electrons. The molecule has 0 bridgehead atoms. The van der Waals surface area contributed by atoms with Crippen LogP contribution in [0.15, 0.2) is 24.3 Å². The molecule has 1 amide bonds. The van der Waals surface area contributed by atoms with Crippen LogP contribution < -0.4 is 5.32 Å². The van der Waals surface area contributed by atoms with E-state index in [2.05, 4.69) is 43.5 Å². The SMILES string of the molecule is CCCCCCC/C=C\C/C=C\CCCCCCCCCCCCCCCCCC(=O)NC(COC1OC(CO)C(OC2OC(CO)C(O)C(O)C2O)C(O)C1O)C(O)CCCCCCCCCCCCCCCCCCCCCC. The Balaban J connectivity index is 1.68. The normalized spacial score (nSPS) is 24.2. The van der Waals surface area contributed by atoms with E-state index in [4.69, 9.17) is 18.9 Å². The molecule has 2 aliphatic rings. The molecular weight excluding hydrogens is 1030 g/mol. The van der Waals surface area contributed by atoms with Gasteiger partial charge in [-0.2, -0.15) is 0 Å². The number of aliphatic hydroxyl groups excluding tert-OH is 8. The van der Waals surface area contributed by atoms with Crippen molar-refractivity contribution in [3.8, 4) is 0 Å². The average molecular weight is 1150 g/mol. The second-order valence-electron chi connectivity index (χ2n) is 24.3. The van der Waals surface area contributed by atoms with Crippen molar-refractivity contribution in [2.24, 2.45) is 0 Å². The fourth-order valence-corrected chi connectivity index (χ4v) is 11.4. The Labute approximate surface area is 494 Å². The standard InChI is InChI=1S/C67H127NO13/c1-3-5-7-9-11-13-15-17-19-21-23-25-26-27-28-29-30-31-33-35-37-39-41-43-45-47-49-51-59(72)68-55(56(71)50-48-46-44-42-40-38-36-34-32-24-22-20-18-16-14-12-10-8-6-4-2)54-78-66-64(77)62(75)65(58(53-70)80-66)81-67-63(76)61(74)60(73)57(52-69)79-67/h15,17,21,23,55-58,60-67,69-71,73-77H,3-14,16,18-20,22,24-54H2,1-2H3,(H,68,72)/b17-15-,23-21-. The van der Waals surface area contributed by atoms with E-state index in [1.54, 1.807) is 0 Å². The Kier molecular flexibility index (Phi) is 49.2. The first-order valence-corrected chi connectivity index (χ1v) is 34.1. The highest BCUT2D eigenvalue weighted by molar-refractivity contribution is 5.76. The van der Waals surface area contributed by atoms with Crippen molar-refractivity contribution >= 4 is 5.91 Å². The van der Waals surface area contributed by atoms with Crippen LogP contribution in [0.4, 0.5) is 0 Å². The molecule has 0 aliphatic carbocycles. The van der Waals surface area contributed by atoms with E-state index in [1.165, 1.54) is 218 Å². The van der Waals surface area contributed by atoms with E-state index in [0.717, 1.165) is 57.8 Å². The zero-order chi connectivity index (χ0) is 58.8. The third kappa shape index (κ3) is 37.6. The number of hydrogen-bond donors (Lipinski definition) is 9. The number of aliphatic hydroxyl groups is 8.